The second-order valence-corrected chi connectivity index (χ2v) is 5.51. The van der Waals surface area contributed by atoms with E-state index in [0.717, 1.165) is 0 Å². The molecule has 0 bridgehead atoms. The highest BCUT2D eigenvalue weighted by molar-refractivity contribution is 5.85. The monoisotopic (exact) mass is 224 g/mol. The van der Waals surface area contributed by atoms with Gasteiger partial charge in [-0.05, 0) is 31.6 Å². The van der Waals surface area contributed by atoms with Crippen molar-refractivity contribution < 1.29 is 0 Å². The molecule has 0 radical (unpaired) electrons. The van der Waals surface area contributed by atoms with Crippen molar-refractivity contribution in [2.45, 2.75) is 61.6 Å². The third-order valence-corrected chi connectivity index (χ3v) is 2.94. The molecule has 0 aromatic rings. The lowest BCUT2D eigenvalue weighted by Gasteiger charge is -2.17. The molecule has 0 aromatic heterocycles. The van der Waals surface area contributed by atoms with Crippen molar-refractivity contribution >= 4 is 11.4 Å². The van der Waals surface area contributed by atoms with Crippen LogP contribution in [0.3, 0.4) is 0 Å². The third-order valence-electron chi connectivity index (χ3n) is 2.94. The Morgan fingerprint density at radius 2 is 1.00 bits per heavy atom. The number of hydrogen-bond acceptors (Lipinski definition) is 2. The molecule has 0 aliphatic carbocycles. The van der Waals surface area contributed by atoms with Crippen LogP contribution in [0.15, 0.2) is 9.98 Å². The summed E-state index contributed by atoms with van der Waals surface area (Å²) in [4.78, 5) is 9.45. The highest BCUT2D eigenvalue weighted by Crippen LogP contribution is 2.12. The summed E-state index contributed by atoms with van der Waals surface area (Å²) in [6.07, 6.45) is 0.0878. The topological polar surface area (TPSA) is 24.7 Å². The lowest BCUT2D eigenvalue weighted by atomic mass is 10.1. The summed E-state index contributed by atoms with van der Waals surface area (Å²) < 4.78 is 0. The van der Waals surface area contributed by atoms with Crippen molar-refractivity contribution in [3.05, 3.63) is 0 Å². The lowest BCUT2D eigenvalue weighted by molar-refractivity contribution is 0.508. The fourth-order valence-electron chi connectivity index (χ4n) is 1.04. The largest absolute Gasteiger partial charge is 0.267 e. The normalized spacial score (nSPS) is 16.4. The summed E-state index contributed by atoms with van der Waals surface area (Å²) in [5, 5.41) is 0. The zero-order chi connectivity index (χ0) is 12.9. The molecule has 0 spiro atoms. The Morgan fingerprint density at radius 1 is 0.688 bits per heavy atom. The average Bonchev–Trinajstić information content (AvgIpc) is 2.15. The third kappa shape index (κ3) is 5.43. The van der Waals surface area contributed by atoms with Gasteiger partial charge < -0.3 is 0 Å². The Labute approximate surface area is 101 Å². The number of hydrogen-bond donors (Lipinski definition) is 0. The van der Waals surface area contributed by atoms with Gasteiger partial charge in [-0.15, -0.1) is 0 Å². The smallest absolute Gasteiger partial charge is 0.141 e. The molecule has 0 aliphatic heterocycles. The summed E-state index contributed by atoms with van der Waals surface area (Å²) in [5.74, 6) is 1.48. The van der Waals surface area contributed by atoms with Crippen LogP contribution in [-0.4, -0.2) is 17.6 Å². The van der Waals surface area contributed by atoms with Crippen LogP contribution in [-0.2, 0) is 0 Å². The van der Waals surface area contributed by atoms with E-state index >= 15 is 0 Å². The van der Waals surface area contributed by atoms with Crippen molar-refractivity contribution in [3.8, 4) is 0 Å². The van der Waals surface area contributed by atoms with Gasteiger partial charge in [0.2, 0.25) is 0 Å². The first-order valence-electron chi connectivity index (χ1n) is 6.34. The SMILES string of the molecule is CC(=NC(N=C(C)C(C)C)C(C)C)C(C)C. The molecule has 0 amide bonds. The first kappa shape index (κ1) is 15.3. The average molecular weight is 224 g/mol. The minimum absolute atomic E-state index is 0.0878. The van der Waals surface area contributed by atoms with Gasteiger partial charge in [-0.3, -0.25) is 9.98 Å². The van der Waals surface area contributed by atoms with Gasteiger partial charge in [-0.1, -0.05) is 41.5 Å². The molecule has 2 heteroatoms. The van der Waals surface area contributed by atoms with Crippen molar-refractivity contribution in [3.63, 3.8) is 0 Å². The minimum atomic E-state index is 0.0878. The van der Waals surface area contributed by atoms with Gasteiger partial charge in [0.05, 0.1) is 0 Å². The van der Waals surface area contributed by atoms with Crippen molar-refractivity contribution in [2.24, 2.45) is 27.7 Å². The maximum atomic E-state index is 4.73. The van der Waals surface area contributed by atoms with Crippen molar-refractivity contribution in [2.75, 3.05) is 0 Å². The summed E-state index contributed by atoms with van der Waals surface area (Å²) in [6.45, 7) is 17.3. The van der Waals surface area contributed by atoms with E-state index in [2.05, 4.69) is 55.4 Å². The first-order chi connectivity index (χ1) is 7.25. The molecule has 16 heavy (non-hydrogen) atoms. The Bertz CT molecular complexity index is 236. The van der Waals surface area contributed by atoms with E-state index in [0.29, 0.717) is 17.8 Å². The highest BCUT2D eigenvalue weighted by Gasteiger charge is 2.12. The van der Waals surface area contributed by atoms with Crippen LogP contribution in [0.25, 0.3) is 0 Å². The van der Waals surface area contributed by atoms with E-state index in [1.807, 2.05) is 0 Å². The van der Waals surface area contributed by atoms with E-state index in [1.165, 1.54) is 11.4 Å². The molecule has 94 valence electrons. The predicted molar refractivity (Wildman–Crippen MR) is 74.5 cm³/mol. The number of nitrogens with zero attached hydrogens (tertiary/aromatic N) is 2. The van der Waals surface area contributed by atoms with Crippen molar-refractivity contribution in [1.29, 1.82) is 0 Å². The Morgan fingerprint density at radius 3 is 1.19 bits per heavy atom. The van der Waals surface area contributed by atoms with Crippen LogP contribution >= 0.6 is 0 Å². The van der Waals surface area contributed by atoms with Gasteiger partial charge in [0.25, 0.3) is 0 Å². The van der Waals surface area contributed by atoms with E-state index < -0.39 is 0 Å². The standard InChI is InChI=1S/C14H28N2/c1-9(2)12(7)15-14(11(5)6)16-13(8)10(3)4/h9-11,14H,1-8H3. The molecule has 0 atom stereocenters. The quantitative estimate of drug-likeness (QED) is 0.625. The zero-order valence-corrected chi connectivity index (χ0v) is 12.2. The summed E-state index contributed by atoms with van der Waals surface area (Å²) in [5.41, 5.74) is 2.39. The second kappa shape index (κ2) is 6.82. The van der Waals surface area contributed by atoms with E-state index in [4.69, 9.17) is 9.98 Å². The summed E-state index contributed by atoms with van der Waals surface area (Å²) in [7, 11) is 0. The van der Waals surface area contributed by atoms with Gasteiger partial charge in [0.1, 0.15) is 6.17 Å². The molecular weight excluding hydrogens is 196 g/mol. The Kier molecular flexibility index (Phi) is 6.54. The number of rotatable bonds is 5. The lowest BCUT2D eigenvalue weighted by Crippen LogP contribution is -2.18. The van der Waals surface area contributed by atoms with Crippen LogP contribution in [0.1, 0.15) is 55.4 Å². The molecule has 0 rings (SSSR count). The van der Waals surface area contributed by atoms with Crippen LogP contribution in [0.2, 0.25) is 0 Å². The van der Waals surface area contributed by atoms with E-state index in [9.17, 15) is 0 Å². The zero-order valence-electron chi connectivity index (χ0n) is 12.2. The fraction of sp³-hybridized carbons (Fsp3) is 0.857. The van der Waals surface area contributed by atoms with Crippen LogP contribution in [0.5, 0.6) is 0 Å². The van der Waals surface area contributed by atoms with Gasteiger partial charge in [-0.25, -0.2) is 0 Å². The molecule has 0 aliphatic rings. The Hall–Kier alpha value is -0.660. The van der Waals surface area contributed by atoms with Gasteiger partial charge >= 0.3 is 0 Å². The van der Waals surface area contributed by atoms with Crippen molar-refractivity contribution in [1.82, 2.24) is 0 Å². The highest BCUT2D eigenvalue weighted by atomic mass is 15.0. The van der Waals surface area contributed by atoms with E-state index in [-0.39, 0.29) is 6.17 Å². The first-order valence-corrected chi connectivity index (χ1v) is 6.34. The summed E-state index contributed by atoms with van der Waals surface area (Å²) in [6, 6.07) is 0. The molecule has 0 heterocycles. The number of aliphatic imine (C=N–C) groups is 2. The van der Waals surface area contributed by atoms with Gasteiger partial charge in [-0.2, -0.15) is 0 Å². The van der Waals surface area contributed by atoms with Crippen LogP contribution in [0.4, 0.5) is 0 Å². The van der Waals surface area contributed by atoms with Gasteiger partial charge in [0, 0.05) is 11.4 Å². The van der Waals surface area contributed by atoms with Gasteiger partial charge in [0.15, 0.2) is 0 Å². The molecule has 0 unspecified atom stereocenters. The minimum Gasteiger partial charge on any atom is -0.267 e. The molecule has 2 nitrogen and oxygen atoms in total. The molecule has 0 saturated carbocycles. The molecule has 0 fully saturated rings. The Balaban J connectivity index is 4.91. The maximum absolute atomic E-state index is 4.73. The van der Waals surface area contributed by atoms with E-state index in [1.54, 1.807) is 0 Å². The second-order valence-electron chi connectivity index (χ2n) is 5.51. The maximum Gasteiger partial charge on any atom is 0.141 e. The molecular formula is C14H28N2. The predicted octanol–water partition coefficient (Wildman–Crippen LogP) is 4.20. The molecule has 0 aromatic carbocycles. The van der Waals surface area contributed by atoms with Crippen LogP contribution < -0.4 is 0 Å². The summed E-state index contributed by atoms with van der Waals surface area (Å²) >= 11 is 0. The van der Waals surface area contributed by atoms with Crippen LogP contribution in [0, 0.1) is 17.8 Å². The molecule has 0 saturated heterocycles. The fourth-order valence-corrected chi connectivity index (χ4v) is 1.04. The molecule has 0 N–H and O–H groups in total.